The lowest BCUT2D eigenvalue weighted by atomic mass is 9.45. The predicted octanol–water partition coefficient (Wildman–Crippen LogP) is 7.05. The molecule has 0 unspecified atom stereocenters. The highest BCUT2D eigenvalue weighted by molar-refractivity contribution is 5.71. The molecule has 0 aromatic carbocycles. The van der Waals surface area contributed by atoms with Gasteiger partial charge in [-0.15, -0.1) is 0 Å². The molecule has 0 heterocycles. The van der Waals surface area contributed by atoms with Crippen LogP contribution in [0, 0.1) is 52.3 Å². The van der Waals surface area contributed by atoms with Gasteiger partial charge in [-0.05, 0) is 90.8 Å². The van der Waals surface area contributed by atoms with E-state index in [1.807, 2.05) is 0 Å². The standard InChI is InChI=1S/C29H50O4/c1-19(2)9-8-10-20(3)23-13-14-24-22-12-11-21(17-26(30)32-6)29(5,18-27(31)33-7)25(22)15-16-28(23,24)4/h19-25H,8-18H2,1-7H3/t20-,21+,22-,23-,24+,25-,28-,29-/m1/s1. The van der Waals surface area contributed by atoms with E-state index in [9.17, 15) is 9.59 Å². The lowest BCUT2D eigenvalue weighted by molar-refractivity contribution is -0.159. The zero-order valence-electron chi connectivity index (χ0n) is 22.5. The Morgan fingerprint density at radius 1 is 0.879 bits per heavy atom. The summed E-state index contributed by atoms with van der Waals surface area (Å²) in [6.45, 7) is 12.1. The van der Waals surface area contributed by atoms with Gasteiger partial charge in [-0.25, -0.2) is 0 Å². The summed E-state index contributed by atoms with van der Waals surface area (Å²) in [4.78, 5) is 24.7. The monoisotopic (exact) mass is 462 g/mol. The zero-order valence-corrected chi connectivity index (χ0v) is 22.5. The van der Waals surface area contributed by atoms with Crippen molar-refractivity contribution < 1.29 is 19.1 Å². The van der Waals surface area contributed by atoms with E-state index < -0.39 is 0 Å². The summed E-state index contributed by atoms with van der Waals surface area (Å²) >= 11 is 0. The summed E-state index contributed by atoms with van der Waals surface area (Å²) in [5, 5.41) is 0. The van der Waals surface area contributed by atoms with Crippen molar-refractivity contribution in [1.29, 1.82) is 0 Å². The van der Waals surface area contributed by atoms with Gasteiger partial charge in [-0.3, -0.25) is 9.59 Å². The molecular weight excluding hydrogens is 412 g/mol. The summed E-state index contributed by atoms with van der Waals surface area (Å²) < 4.78 is 10.2. The normalized spacial score (nSPS) is 39.0. The first-order valence-electron chi connectivity index (χ1n) is 13.7. The number of ether oxygens (including phenoxy) is 2. The minimum Gasteiger partial charge on any atom is -0.469 e. The van der Waals surface area contributed by atoms with Gasteiger partial charge in [0.05, 0.1) is 20.6 Å². The van der Waals surface area contributed by atoms with Crippen LogP contribution in [0.25, 0.3) is 0 Å². The van der Waals surface area contributed by atoms with Gasteiger partial charge in [-0.2, -0.15) is 0 Å². The van der Waals surface area contributed by atoms with Crippen molar-refractivity contribution >= 4 is 11.9 Å². The molecule has 3 aliphatic carbocycles. The van der Waals surface area contributed by atoms with Crippen LogP contribution in [0.2, 0.25) is 0 Å². The smallest absolute Gasteiger partial charge is 0.306 e. The van der Waals surface area contributed by atoms with Gasteiger partial charge >= 0.3 is 11.9 Å². The largest absolute Gasteiger partial charge is 0.469 e. The molecule has 190 valence electrons. The third-order valence-corrected chi connectivity index (χ3v) is 10.7. The van der Waals surface area contributed by atoms with E-state index in [2.05, 4.69) is 34.6 Å². The molecule has 0 bridgehead atoms. The molecule has 3 saturated carbocycles. The molecule has 3 rings (SSSR count). The maximum atomic E-state index is 12.5. The number of carbonyl (C=O) groups is 2. The first kappa shape index (κ1) is 26.5. The Labute approximate surface area is 202 Å². The van der Waals surface area contributed by atoms with E-state index in [4.69, 9.17) is 9.47 Å². The van der Waals surface area contributed by atoms with Crippen LogP contribution in [0.3, 0.4) is 0 Å². The topological polar surface area (TPSA) is 52.6 Å². The molecule has 4 nitrogen and oxygen atoms in total. The molecule has 0 saturated heterocycles. The Morgan fingerprint density at radius 2 is 1.58 bits per heavy atom. The van der Waals surface area contributed by atoms with E-state index in [0.717, 1.165) is 30.1 Å². The highest BCUT2D eigenvalue weighted by Gasteiger charge is 2.60. The van der Waals surface area contributed by atoms with Gasteiger partial charge in [0.1, 0.15) is 0 Å². The van der Waals surface area contributed by atoms with Gasteiger partial charge < -0.3 is 9.47 Å². The number of esters is 2. The highest BCUT2D eigenvalue weighted by atomic mass is 16.5. The molecule has 0 spiro atoms. The lowest BCUT2D eigenvalue weighted by Crippen LogP contribution is -2.53. The Morgan fingerprint density at radius 3 is 2.21 bits per heavy atom. The van der Waals surface area contributed by atoms with Crippen molar-refractivity contribution in [2.24, 2.45) is 52.3 Å². The molecule has 0 aromatic rings. The molecule has 0 amide bonds. The number of hydrogen-bond donors (Lipinski definition) is 0. The van der Waals surface area contributed by atoms with Crippen LogP contribution in [0.4, 0.5) is 0 Å². The fraction of sp³-hybridized carbons (Fsp3) is 0.931. The average Bonchev–Trinajstić information content (AvgIpc) is 3.12. The van der Waals surface area contributed by atoms with Gasteiger partial charge in [0.25, 0.3) is 0 Å². The summed E-state index contributed by atoms with van der Waals surface area (Å²) in [5.74, 6) is 4.26. The molecule has 0 radical (unpaired) electrons. The Balaban J connectivity index is 1.79. The summed E-state index contributed by atoms with van der Waals surface area (Å²) in [6, 6.07) is 0. The zero-order chi connectivity index (χ0) is 24.4. The van der Waals surface area contributed by atoms with Gasteiger partial charge in [0, 0.05) is 6.42 Å². The van der Waals surface area contributed by atoms with Crippen molar-refractivity contribution in [1.82, 2.24) is 0 Å². The van der Waals surface area contributed by atoms with Crippen LogP contribution in [-0.4, -0.2) is 26.2 Å². The van der Waals surface area contributed by atoms with Crippen LogP contribution in [0.5, 0.6) is 0 Å². The lowest BCUT2D eigenvalue weighted by Gasteiger charge is -2.59. The number of rotatable bonds is 9. The maximum Gasteiger partial charge on any atom is 0.306 e. The minimum atomic E-state index is -0.188. The Bertz CT molecular complexity index is 687. The van der Waals surface area contributed by atoms with E-state index in [1.165, 1.54) is 65.6 Å². The van der Waals surface area contributed by atoms with E-state index in [-0.39, 0.29) is 23.3 Å². The van der Waals surface area contributed by atoms with Gasteiger partial charge in [0.15, 0.2) is 0 Å². The Kier molecular flexibility index (Phi) is 8.60. The molecule has 0 N–H and O–H groups in total. The van der Waals surface area contributed by atoms with Crippen LogP contribution < -0.4 is 0 Å². The van der Waals surface area contributed by atoms with Crippen LogP contribution >= 0.6 is 0 Å². The van der Waals surface area contributed by atoms with E-state index in [1.54, 1.807) is 0 Å². The van der Waals surface area contributed by atoms with Crippen LogP contribution in [0.15, 0.2) is 0 Å². The molecule has 0 aromatic heterocycles. The number of fused-ring (bicyclic) bond motifs is 3. The quantitative estimate of drug-likeness (QED) is 0.344. The SMILES string of the molecule is COC(=O)C[C@@H]1CC[C@H]2[C@@H](CC[C@]3(C)[C@@H]([C@H](C)CCCC(C)C)CC[C@@H]23)[C@]1(C)CC(=O)OC. The second kappa shape index (κ2) is 10.7. The summed E-state index contributed by atoms with van der Waals surface area (Å²) in [6.07, 6.45) is 12.3. The third kappa shape index (κ3) is 5.30. The average molecular weight is 463 g/mol. The summed E-state index contributed by atoms with van der Waals surface area (Å²) in [5.41, 5.74) is 0.242. The third-order valence-electron chi connectivity index (χ3n) is 10.7. The van der Waals surface area contributed by atoms with Crippen molar-refractivity contribution in [3.05, 3.63) is 0 Å². The summed E-state index contributed by atoms with van der Waals surface area (Å²) in [7, 11) is 2.96. The first-order chi connectivity index (χ1) is 15.6. The van der Waals surface area contributed by atoms with Gasteiger partial charge in [0.2, 0.25) is 0 Å². The molecule has 0 aliphatic heterocycles. The van der Waals surface area contributed by atoms with Crippen LogP contribution in [-0.2, 0) is 19.1 Å². The number of hydrogen-bond acceptors (Lipinski definition) is 4. The fourth-order valence-corrected chi connectivity index (χ4v) is 8.84. The van der Waals surface area contributed by atoms with E-state index in [0.29, 0.717) is 30.1 Å². The molecule has 3 fully saturated rings. The maximum absolute atomic E-state index is 12.5. The van der Waals surface area contributed by atoms with Crippen molar-refractivity contribution in [3.63, 3.8) is 0 Å². The molecular formula is C29H50O4. The molecule has 33 heavy (non-hydrogen) atoms. The van der Waals surface area contributed by atoms with Crippen molar-refractivity contribution in [2.75, 3.05) is 14.2 Å². The van der Waals surface area contributed by atoms with Gasteiger partial charge in [-0.1, -0.05) is 53.9 Å². The number of methoxy groups -OCH3 is 2. The molecule has 3 aliphatic rings. The number of carbonyl (C=O) groups excluding carboxylic acids is 2. The van der Waals surface area contributed by atoms with E-state index >= 15 is 0 Å². The first-order valence-corrected chi connectivity index (χ1v) is 13.7. The Hall–Kier alpha value is -1.06. The van der Waals surface area contributed by atoms with Crippen molar-refractivity contribution in [2.45, 2.75) is 105 Å². The molecule has 8 atom stereocenters. The second-order valence-electron chi connectivity index (χ2n) is 12.7. The fourth-order valence-electron chi connectivity index (χ4n) is 8.84. The van der Waals surface area contributed by atoms with Crippen molar-refractivity contribution in [3.8, 4) is 0 Å². The molecule has 4 heteroatoms. The second-order valence-corrected chi connectivity index (χ2v) is 12.7. The highest BCUT2D eigenvalue weighted by Crippen LogP contribution is 2.67. The van der Waals surface area contributed by atoms with Crippen LogP contribution in [0.1, 0.15) is 105 Å². The predicted molar refractivity (Wildman–Crippen MR) is 132 cm³/mol. The minimum absolute atomic E-state index is 0.135.